The maximum Gasteiger partial charge on any atom is 0.329 e. The molecule has 0 aromatic carbocycles. The molecule has 2 N–H and O–H groups in total. The number of nitrogens with zero attached hydrogens (tertiary/aromatic N) is 1. The standard InChI is InChI=1S/C12H24N2O4/c1-6-7-12(3,10(15)16)13-11(17)14(4)9(2)8-18-5/h9H,6-8H2,1-5H3,(H,13,17)(H,15,16). The second-order valence-corrected chi connectivity index (χ2v) is 4.73. The molecule has 0 rings (SSSR count). The van der Waals surface area contributed by atoms with Crippen LogP contribution < -0.4 is 5.32 Å². The summed E-state index contributed by atoms with van der Waals surface area (Å²) in [4.78, 5) is 24.6. The van der Waals surface area contributed by atoms with Gasteiger partial charge in [0.2, 0.25) is 0 Å². The van der Waals surface area contributed by atoms with Gasteiger partial charge in [-0.05, 0) is 20.3 Å². The van der Waals surface area contributed by atoms with Gasteiger partial charge in [0.1, 0.15) is 5.54 Å². The number of carbonyl (C=O) groups is 2. The molecule has 0 heterocycles. The Hall–Kier alpha value is -1.30. The fourth-order valence-corrected chi connectivity index (χ4v) is 1.60. The van der Waals surface area contributed by atoms with E-state index in [1.165, 1.54) is 11.8 Å². The summed E-state index contributed by atoms with van der Waals surface area (Å²) in [6.45, 7) is 5.64. The maximum absolute atomic E-state index is 12.0. The second-order valence-electron chi connectivity index (χ2n) is 4.73. The van der Waals surface area contributed by atoms with Crippen molar-refractivity contribution in [1.29, 1.82) is 0 Å². The number of nitrogens with one attached hydrogen (secondary N) is 1. The van der Waals surface area contributed by atoms with Gasteiger partial charge in [0.15, 0.2) is 0 Å². The van der Waals surface area contributed by atoms with E-state index in [1.807, 2.05) is 13.8 Å². The van der Waals surface area contributed by atoms with Crippen LogP contribution in [-0.4, -0.2) is 54.4 Å². The molecule has 106 valence electrons. The van der Waals surface area contributed by atoms with Gasteiger partial charge in [0, 0.05) is 14.2 Å². The van der Waals surface area contributed by atoms with Crippen molar-refractivity contribution in [2.24, 2.45) is 0 Å². The molecule has 0 aromatic rings. The predicted octanol–water partition coefficient (Wildman–Crippen LogP) is 1.31. The van der Waals surface area contributed by atoms with Gasteiger partial charge in [0.05, 0.1) is 12.6 Å². The lowest BCUT2D eigenvalue weighted by Gasteiger charge is -2.31. The molecule has 0 saturated heterocycles. The van der Waals surface area contributed by atoms with Gasteiger partial charge in [-0.2, -0.15) is 0 Å². The van der Waals surface area contributed by atoms with Crippen LogP contribution >= 0.6 is 0 Å². The predicted molar refractivity (Wildman–Crippen MR) is 68.6 cm³/mol. The summed E-state index contributed by atoms with van der Waals surface area (Å²) < 4.78 is 4.96. The highest BCUT2D eigenvalue weighted by Crippen LogP contribution is 2.13. The SMILES string of the molecule is CCCC(C)(NC(=O)N(C)C(C)COC)C(=O)O. The smallest absolute Gasteiger partial charge is 0.329 e. The Bertz CT molecular complexity index is 296. The number of hydrogen-bond acceptors (Lipinski definition) is 3. The van der Waals surface area contributed by atoms with Crippen LogP contribution in [0, 0.1) is 0 Å². The molecule has 2 atom stereocenters. The van der Waals surface area contributed by atoms with Crippen molar-refractivity contribution < 1.29 is 19.4 Å². The lowest BCUT2D eigenvalue weighted by atomic mass is 9.96. The van der Waals surface area contributed by atoms with Crippen LogP contribution in [0.25, 0.3) is 0 Å². The van der Waals surface area contributed by atoms with Crippen molar-refractivity contribution >= 4 is 12.0 Å². The van der Waals surface area contributed by atoms with Crippen LogP contribution in [0.1, 0.15) is 33.6 Å². The van der Waals surface area contributed by atoms with Gasteiger partial charge in [-0.3, -0.25) is 0 Å². The highest BCUT2D eigenvalue weighted by atomic mass is 16.5. The Kier molecular flexibility index (Phi) is 6.68. The van der Waals surface area contributed by atoms with Crippen LogP contribution in [0.5, 0.6) is 0 Å². The average Bonchev–Trinajstić information content (AvgIpc) is 2.28. The molecule has 0 aliphatic carbocycles. The van der Waals surface area contributed by atoms with E-state index >= 15 is 0 Å². The number of carbonyl (C=O) groups excluding carboxylic acids is 1. The summed E-state index contributed by atoms with van der Waals surface area (Å²) in [7, 11) is 3.17. The van der Waals surface area contributed by atoms with Crippen LogP contribution in [0.15, 0.2) is 0 Å². The first-order valence-corrected chi connectivity index (χ1v) is 6.05. The number of carboxylic acid groups (broad SMARTS) is 1. The maximum atomic E-state index is 12.0. The Morgan fingerprint density at radius 2 is 2.06 bits per heavy atom. The van der Waals surface area contributed by atoms with Gasteiger partial charge in [-0.1, -0.05) is 13.3 Å². The molecule has 0 fully saturated rings. The van der Waals surface area contributed by atoms with E-state index in [0.29, 0.717) is 19.4 Å². The molecular weight excluding hydrogens is 236 g/mol. The minimum atomic E-state index is -1.23. The van der Waals surface area contributed by atoms with Crippen molar-refractivity contribution in [1.82, 2.24) is 10.2 Å². The summed E-state index contributed by atoms with van der Waals surface area (Å²) in [5.41, 5.74) is -1.23. The summed E-state index contributed by atoms with van der Waals surface area (Å²) in [6, 6.07) is -0.521. The highest BCUT2D eigenvalue weighted by molar-refractivity contribution is 5.85. The molecule has 0 aliphatic rings. The normalized spacial score (nSPS) is 15.6. The monoisotopic (exact) mass is 260 g/mol. The first kappa shape index (κ1) is 16.7. The fraction of sp³-hybridized carbons (Fsp3) is 0.833. The van der Waals surface area contributed by atoms with E-state index < -0.39 is 17.5 Å². The van der Waals surface area contributed by atoms with Crippen LogP contribution in [-0.2, 0) is 9.53 Å². The highest BCUT2D eigenvalue weighted by Gasteiger charge is 2.35. The zero-order valence-electron chi connectivity index (χ0n) is 11.8. The molecule has 0 spiro atoms. The third-order valence-electron chi connectivity index (χ3n) is 2.99. The average molecular weight is 260 g/mol. The molecule has 0 aromatic heterocycles. The van der Waals surface area contributed by atoms with Gasteiger partial charge in [-0.25, -0.2) is 9.59 Å². The number of likely N-dealkylation sites (N-methyl/N-ethyl adjacent to an activating group) is 1. The van der Waals surface area contributed by atoms with E-state index in [-0.39, 0.29) is 6.04 Å². The quantitative estimate of drug-likeness (QED) is 0.723. The first-order valence-electron chi connectivity index (χ1n) is 6.05. The molecule has 0 saturated carbocycles. The minimum absolute atomic E-state index is 0.116. The number of urea groups is 1. The second kappa shape index (κ2) is 7.20. The lowest BCUT2D eigenvalue weighted by Crippen LogP contribution is -2.57. The third-order valence-corrected chi connectivity index (χ3v) is 2.99. The number of ether oxygens (including phenoxy) is 1. The summed E-state index contributed by atoms with van der Waals surface area (Å²) in [5, 5.41) is 11.7. The fourth-order valence-electron chi connectivity index (χ4n) is 1.60. The topological polar surface area (TPSA) is 78.9 Å². The van der Waals surface area contributed by atoms with E-state index in [0.717, 1.165) is 0 Å². The van der Waals surface area contributed by atoms with E-state index in [2.05, 4.69) is 5.32 Å². The zero-order valence-corrected chi connectivity index (χ0v) is 11.8. The summed E-state index contributed by atoms with van der Waals surface area (Å²) >= 11 is 0. The number of hydrogen-bond donors (Lipinski definition) is 2. The van der Waals surface area contributed by atoms with E-state index in [4.69, 9.17) is 4.74 Å². The van der Waals surface area contributed by atoms with Crippen molar-refractivity contribution in [3.05, 3.63) is 0 Å². The van der Waals surface area contributed by atoms with E-state index in [1.54, 1.807) is 14.2 Å². The number of methoxy groups -OCH3 is 1. The van der Waals surface area contributed by atoms with Crippen molar-refractivity contribution in [2.75, 3.05) is 20.8 Å². The molecule has 6 nitrogen and oxygen atoms in total. The van der Waals surface area contributed by atoms with Crippen LogP contribution in [0.2, 0.25) is 0 Å². The number of aliphatic carboxylic acids is 1. The summed E-state index contributed by atoms with van der Waals surface area (Å²) in [5.74, 6) is -1.02. The minimum Gasteiger partial charge on any atom is -0.480 e. The van der Waals surface area contributed by atoms with Gasteiger partial charge < -0.3 is 20.1 Å². The van der Waals surface area contributed by atoms with Crippen molar-refractivity contribution in [3.8, 4) is 0 Å². The molecule has 0 radical (unpaired) electrons. The molecule has 18 heavy (non-hydrogen) atoms. The van der Waals surface area contributed by atoms with E-state index in [9.17, 15) is 14.7 Å². The Labute approximate surface area is 108 Å². The largest absolute Gasteiger partial charge is 0.480 e. The Morgan fingerprint density at radius 3 is 2.44 bits per heavy atom. The van der Waals surface area contributed by atoms with Crippen molar-refractivity contribution in [2.45, 2.75) is 45.2 Å². The van der Waals surface area contributed by atoms with Crippen LogP contribution in [0.4, 0.5) is 4.79 Å². The summed E-state index contributed by atoms with van der Waals surface area (Å²) in [6.07, 6.45) is 1.07. The number of amides is 2. The molecule has 2 unspecified atom stereocenters. The Morgan fingerprint density at radius 1 is 1.50 bits per heavy atom. The molecule has 0 bridgehead atoms. The third kappa shape index (κ3) is 4.52. The number of rotatable bonds is 7. The molecular formula is C12H24N2O4. The number of carboxylic acids is 1. The van der Waals surface area contributed by atoms with Gasteiger partial charge >= 0.3 is 12.0 Å². The van der Waals surface area contributed by atoms with Crippen LogP contribution in [0.3, 0.4) is 0 Å². The first-order chi connectivity index (χ1) is 8.28. The van der Waals surface area contributed by atoms with Gasteiger partial charge in [-0.15, -0.1) is 0 Å². The molecule has 2 amide bonds. The zero-order chi connectivity index (χ0) is 14.3. The van der Waals surface area contributed by atoms with Crippen molar-refractivity contribution in [3.63, 3.8) is 0 Å². The van der Waals surface area contributed by atoms with Gasteiger partial charge in [0.25, 0.3) is 0 Å². The Balaban J connectivity index is 4.65. The molecule has 6 heteroatoms. The lowest BCUT2D eigenvalue weighted by molar-refractivity contribution is -0.144. The molecule has 0 aliphatic heterocycles.